The molecule has 2 N–H and O–H groups in total. The zero-order valence-electron chi connectivity index (χ0n) is 17.6. The SMILES string of the molecule is CN=C(NCCCN1CCCC1C(=O)N(C)C)NCc1cc(Cl)ccc1OC(F)F. The van der Waals surface area contributed by atoms with Crippen LogP contribution in [0.4, 0.5) is 8.78 Å². The molecule has 0 saturated carbocycles. The zero-order valence-corrected chi connectivity index (χ0v) is 18.4. The first-order valence-corrected chi connectivity index (χ1v) is 10.3. The number of hydrogen-bond acceptors (Lipinski definition) is 4. The Labute approximate surface area is 181 Å². The molecule has 2 rings (SSSR count). The van der Waals surface area contributed by atoms with Crippen LogP contribution in [-0.4, -0.2) is 75.1 Å². The minimum absolute atomic E-state index is 0.0338. The molecule has 1 saturated heterocycles. The minimum Gasteiger partial charge on any atom is -0.434 e. The fourth-order valence-electron chi connectivity index (χ4n) is 3.46. The van der Waals surface area contributed by atoms with Gasteiger partial charge in [-0.25, -0.2) is 0 Å². The molecule has 1 aromatic carbocycles. The Kier molecular flexibility index (Phi) is 9.58. The number of carbonyl (C=O) groups is 1. The van der Waals surface area contributed by atoms with Gasteiger partial charge in [-0.05, 0) is 44.0 Å². The highest BCUT2D eigenvalue weighted by atomic mass is 35.5. The lowest BCUT2D eigenvalue weighted by molar-refractivity contribution is -0.133. The van der Waals surface area contributed by atoms with Gasteiger partial charge < -0.3 is 20.3 Å². The number of aliphatic imine (C=N–C) groups is 1. The number of rotatable bonds is 9. The number of ether oxygens (including phenoxy) is 1. The van der Waals surface area contributed by atoms with Crippen molar-refractivity contribution >= 4 is 23.5 Å². The first kappa shape index (κ1) is 24.1. The van der Waals surface area contributed by atoms with Gasteiger partial charge >= 0.3 is 6.61 Å². The molecule has 10 heteroatoms. The van der Waals surface area contributed by atoms with Crippen molar-refractivity contribution in [2.45, 2.75) is 38.5 Å². The molecule has 0 aromatic heterocycles. The molecular weight excluding hydrogens is 416 g/mol. The Morgan fingerprint density at radius 3 is 2.83 bits per heavy atom. The van der Waals surface area contributed by atoms with Crippen LogP contribution in [0.2, 0.25) is 5.02 Å². The van der Waals surface area contributed by atoms with E-state index in [4.69, 9.17) is 11.6 Å². The van der Waals surface area contributed by atoms with Crippen molar-refractivity contribution in [3.63, 3.8) is 0 Å². The van der Waals surface area contributed by atoms with E-state index in [0.29, 0.717) is 23.1 Å². The van der Waals surface area contributed by atoms with Gasteiger partial charge in [0.2, 0.25) is 5.91 Å². The summed E-state index contributed by atoms with van der Waals surface area (Å²) in [6.45, 7) is -0.271. The minimum atomic E-state index is -2.91. The number of alkyl halides is 2. The number of likely N-dealkylation sites (N-methyl/N-ethyl adjacent to an activating group) is 1. The van der Waals surface area contributed by atoms with Crippen LogP contribution < -0.4 is 15.4 Å². The Morgan fingerprint density at radius 2 is 2.17 bits per heavy atom. The summed E-state index contributed by atoms with van der Waals surface area (Å²) >= 11 is 5.97. The summed E-state index contributed by atoms with van der Waals surface area (Å²) in [6.07, 6.45) is 2.77. The highest BCUT2D eigenvalue weighted by molar-refractivity contribution is 6.30. The van der Waals surface area contributed by atoms with Crippen molar-refractivity contribution in [1.29, 1.82) is 0 Å². The first-order valence-electron chi connectivity index (χ1n) is 9.94. The monoisotopic (exact) mass is 445 g/mol. The van der Waals surface area contributed by atoms with Crippen molar-refractivity contribution in [2.24, 2.45) is 4.99 Å². The topological polar surface area (TPSA) is 69.2 Å². The van der Waals surface area contributed by atoms with Gasteiger partial charge in [0.05, 0.1) is 6.04 Å². The summed E-state index contributed by atoms with van der Waals surface area (Å²) in [5.74, 6) is 0.768. The molecule has 1 aliphatic rings. The van der Waals surface area contributed by atoms with Crippen molar-refractivity contribution < 1.29 is 18.3 Å². The number of halogens is 3. The molecule has 1 atom stereocenters. The lowest BCUT2D eigenvalue weighted by Gasteiger charge is -2.26. The van der Waals surface area contributed by atoms with E-state index in [9.17, 15) is 13.6 Å². The second-order valence-corrected chi connectivity index (χ2v) is 7.70. The average Bonchev–Trinajstić information content (AvgIpc) is 3.16. The quantitative estimate of drug-likeness (QED) is 0.347. The van der Waals surface area contributed by atoms with E-state index in [1.807, 2.05) is 0 Å². The molecule has 1 heterocycles. The maximum atomic E-state index is 12.6. The van der Waals surface area contributed by atoms with Gasteiger partial charge in [0.15, 0.2) is 5.96 Å². The first-order chi connectivity index (χ1) is 14.3. The molecule has 1 aromatic rings. The number of carbonyl (C=O) groups excluding carboxylic acids is 1. The maximum absolute atomic E-state index is 12.6. The van der Waals surface area contributed by atoms with E-state index < -0.39 is 6.61 Å². The molecule has 1 amide bonds. The van der Waals surface area contributed by atoms with Gasteiger partial charge in [-0.15, -0.1) is 0 Å². The Bertz CT molecular complexity index is 733. The molecule has 0 aliphatic carbocycles. The molecule has 1 aliphatic heterocycles. The van der Waals surface area contributed by atoms with Crippen molar-refractivity contribution in [3.8, 4) is 5.75 Å². The molecular formula is C20H30ClF2N5O2. The van der Waals surface area contributed by atoms with Crippen molar-refractivity contribution in [2.75, 3.05) is 40.8 Å². The van der Waals surface area contributed by atoms with Crippen LogP contribution in [-0.2, 0) is 11.3 Å². The molecule has 1 fully saturated rings. The summed E-state index contributed by atoms with van der Waals surface area (Å²) < 4.78 is 29.7. The molecule has 0 radical (unpaired) electrons. The number of nitrogens with zero attached hydrogens (tertiary/aromatic N) is 3. The molecule has 0 bridgehead atoms. The normalized spacial score (nSPS) is 17.3. The van der Waals surface area contributed by atoms with E-state index in [2.05, 4.69) is 25.3 Å². The molecule has 168 valence electrons. The van der Waals surface area contributed by atoms with Gasteiger partial charge in [-0.3, -0.25) is 14.7 Å². The molecule has 0 spiro atoms. The molecule has 7 nitrogen and oxygen atoms in total. The summed E-state index contributed by atoms with van der Waals surface area (Å²) in [7, 11) is 5.21. The number of benzene rings is 1. The lowest BCUT2D eigenvalue weighted by Crippen LogP contribution is -2.44. The van der Waals surface area contributed by atoms with E-state index in [-0.39, 0.29) is 24.2 Å². The summed E-state index contributed by atoms with van der Waals surface area (Å²) in [5.41, 5.74) is 0.507. The van der Waals surface area contributed by atoms with Gasteiger partial charge in [-0.1, -0.05) is 11.6 Å². The Morgan fingerprint density at radius 1 is 1.40 bits per heavy atom. The smallest absolute Gasteiger partial charge is 0.387 e. The average molecular weight is 446 g/mol. The van der Waals surface area contributed by atoms with E-state index in [0.717, 1.165) is 32.4 Å². The maximum Gasteiger partial charge on any atom is 0.387 e. The van der Waals surface area contributed by atoms with Crippen LogP contribution in [0, 0.1) is 0 Å². The highest BCUT2D eigenvalue weighted by Gasteiger charge is 2.30. The summed E-state index contributed by atoms with van der Waals surface area (Å²) in [6, 6.07) is 4.47. The third-order valence-corrected chi connectivity index (χ3v) is 5.15. The third-order valence-electron chi connectivity index (χ3n) is 4.91. The summed E-state index contributed by atoms with van der Waals surface area (Å²) in [5, 5.41) is 6.71. The number of likely N-dealkylation sites (tertiary alicyclic amines) is 1. The fraction of sp³-hybridized carbons (Fsp3) is 0.600. The Balaban J connectivity index is 1.79. The Hall–Kier alpha value is -2.13. The number of hydrogen-bond donors (Lipinski definition) is 2. The van der Waals surface area contributed by atoms with Gasteiger partial charge in [-0.2, -0.15) is 8.78 Å². The zero-order chi connectivity index (χ0) is 22.1. The molecule has 1 unspecified atom stereocenters. The predicted molar refractivity (Wildman–Crippen MR) is 114 cm³/mol. The second kappa shape index (κ2) is 11.9. The number of nitrogens with one attached hydrogen (secondary N) is 2. The van der Waals surface area contributed by atoms with Crippen LogP contribution in [0.3, 0.4) is 0 Å². The highest BCUT2D eigenvalue weighted by Crippen LogP contribution is 2.24. The number of guanidine groups is 1. The number of amides is 1. The van der Waals surface area contributed by atoms with Gasteiger partial charge in [0, 0.05) is 51.4 Å². The van der Waals surface area contributed by atoms with Crippen molar-refractivity contribution in [1.82, 2.24) is 20.4 Å². The predicted octanol–water partition coefficient (Wildman–Crippen LogP) is 2.55. The van der Waals surface area contributed by atoms with Crippen LogP contribution in [0.1, 0.15) is 24.8 Å². The second-order valence-electron chi connectivity index (χ2n) is 7.26. The van der Waals surface area contributed by atoms with Crippen molar-refractivity contribution in [3.05, 3.63) is 28.8 Å². The van der Waals surface area contributed by atoms with Gasteiger partial charge in [0.1, 0.15) is 5.75 Å². The molecule has 30 heavy (non-hydrogen) atoms. The van der Waals surface area contributed by atoms with E-state index in [1.54, 1.807) is 32.1 Å². The van der Waals surface area contributed by atoms with Crippen LogP contribution in [0.5, 0.6) is 5.75 Å². The lowest BCUT2D eigenvalue weighted by atomic mass is 10.2. The van der Waals surface area contributed by atoms with E-state index in [1.165, 1.54) is 12.1 Å². The van der Waals surface area contributed by atoms with Crippen LogP contribution >= 0.6 is 11.6 Å². The largest absolute Gasteiger partial charge is 0.434 e. The van der Waals surface area contributed by atoms with Crippen LogP contribution in [0.15, 0.2) is 23.2 Å². The van der Waals surface area contributed by atoms with E-state index >= 15 is 0 Å². The summed E-state index contributed by atoms with van der Waals surface area (Å²) in [4.78, 5) is 20.3. The van der Waals surface area contributed by atoms with Crippen LogP contribution in [0.25, 0.3) is 0 Å². The fourth-order valence-corrected chi connectivity index (χ4v) is 3.65. The standard InChI is InChI=1S/C20H30ClF2N5O2/c1-24-20(26-13-14-12-15(21)7-8-17(14)30-19(22)23)25-9-5-11-28-10-4-6-16(28)18(29)27(2)3/h7-8,12,16,19H,4-6,9-11,13H2,1-3H3,(H2,24,25,26). The van der Waals surface area contributed by atoms with Gasteiger partial charge in [0.25, 0.3) is 0 Å². The third kappa shape index (κ3) is 7.28.